The van der Waals surface area contributed by atoms with Crippen molar-refractivity contribution in [2.45, 2.75) is 124 Å². The highest BCUT2D eigenvalue weighted by Gasteiger charge is 2.04. The summed E-state index contributed by atoms with van der Waals surface area (Å²) >= 11 is 0. The van der Waals surface area contributed by atoms with Gasteiger partial charge < -0.3 is 7.43 Å². The summed E-state index contributed by atoms with van der Waals surface area (Å²) in [6, 6.07) is 0. The minimum Gasteiger partial charge on any atom is -0.358 e. The molecule has 0 aromatic heterocycles. The summed E-state index contributed by atoms with van der Waals surface area (Å²) in [6.45, 7) is 6.99. The summed E-state index contributed by atoms with van der Waals surface area (Å²) in [7, 11) is 0. The third kappa shape index (κ3) is 20.7. The van der Waals surface area contributed by atoms with Gasteiger partial charge in [0.15, 0.2) is 0 Å². The van der Waals surface area contributed by atoms with E-state index in [-0.39, 0.29) is 31.4 Å². The molecule has 0 amide bonds. The van der Waals surface area contributed by atoms with Gasteiger partial charge >= 0.3 is 0 Å². The van der Waals surface area contributed by atoms with Gasteiger partial charge in [0.2, 0.25) is 0 Å². The molecule has 1 heteroatoms. The van der Waals surface area contributed by atoms with Crippen molar-refractivity contribution < 1.29 is 0 Å². The van der Waals surface area contributed by atoms with Crippen molar-refractivity contribution in [3.63, 3.8) is 0 Å². The van der Waals surface area contributed by atoms with Gasteiger partial charge in [0, 0.05) is 0 Å². The molecule has 1 atom stereocenters. The van der Waals surface area contributed by atoms with Crippen molar-refractivity contribution >= 4 is 24.0 Å². The summed E-state index contributed by atoms with van der Waals surface area (Å²) in [4.78, 5) is 0. The van der Waals surface area contributed by atoms with E-state index >= 15 is 0 Å². The first-order valence-corrected chi connectivity index (χ1v) is 9.85. The van der Waals surface area contributed by atoms with Gasteiger partial charge in [-0.2, -0.15) is 0 Å². The van der Waals surface area contributed by atoms with Crippen LogP contribution in [0.3, 0.4) is 0 Å². The molecule has 0 spiro atoms. The zero-order valence-corrected chi connectivity index (χ0v) is 18.6. The topological polar surface area (TPSA) is 0 Å². The largest absolute Gasteiger partial charge is 0.358 e. The Morgan fingerprint density at radius 3 is 1.27 bits per heavy atom. The van der Waals surface area contributed by atoms with Crippen LogP contribution in [0.1, 0.15) is 124 Å². The molecule has 0 radical (unpaired) electrons. The number of hydrogen-bond acceptors (Lipinski definition) is 0. The maximum absolute atomic E-state index is 2.37. The van der Waals surface area contributed by atoms with Gasteiger partial charge in [-0.3, -0.25) is 0 Å². The number of unbranched alkanes of at least 4 members (excludes halogenated alkanes) is 11. The Kier molecular flexibility index (Phi) is 30.1. The average molecular weight is 426 g/mol. The summed E-state index contributed by atoms with van der Waals surface area (Å²) in [5.74, 6) is 1.02. The summed E-state index contributed by atoms with van der Waals surface area (Å²) < 4.78 is 0. The molecule has 0 saturated heterocycles. The Bertz CT molecular complexity index is 167. The van der Waals surface area contributed by atoms with Gasteiger partial charge in [-0.1, -0.05) is 124 Å². The van der Waals surface area contributed by atoms with Crippen molar-refractivity contribution in [1.82, 2.24) is 0 Å². The van der Waals surface area contributed by atoms with E-state index in [1.165, 1.54) is 103 Å². The molecule has 0 saturated carbocycles. The Morgan fingerprint density at radius 1 is 0.500 bits per heavy atom. The number of hydrogen-bond donors (Lipinski definition) is 0. The van der Waals surface area contributed by atoms with Crippen LogP contribution in [0.2, 0.25) is 0 Å². The van der Waals surface area contributed by atoms with Crippen molar-refractivity contribution in [2.24, 2.45) is 5.92 Å². The first-order valence-electron chi connectivity index (χ1n) is 9.85. The average Bonchev–Trinajstić information content (AvgIpc) is 2.48. The molecule has 0 bridgehead atoms. The van der Waals surface area contributed by atoms with E-state index < -0.39 is 0 Å². The number of halogens is 1. The Balaban J connectivity index is -0.00000180. The van der Waals surface area contributed by atoms with Gasteiger partial charge in [-0.05, 0) is 5.92 Å². The van der Waals surface area contributed by atoms with E-state index in [9.17, 15) is 0 Å². The molecule has 0 aliphatic rings. The SMILES string of the molecule is CCCCCCCCCCCCCC(CC)CCCC.I.[CH3-]. The van der Waals surface area contributed by atoms with Crippen molar-refractivity contribution in [3.05, 3.63) is 7.43 Å². The van der Waals surface area contributed by atoms with E-state index in [0.29, 0.717) is 0 Å². The van der Waals surface area contributed by atoms with Gasteiger partial charge in [-0.15, -0.1) is 24.0 Å². The number of rotatable bonds is 16. The van der Waals surface area contributed by atoms with Crippen LogP contribution in [-0.4, -0.2) is 0 Å². The van der Waals surface area contributed by atoms with Crippen LogP contribution in [-0.2, 0) is 0 Å². The second kappa shape index (κ2) is 24.0. The molecule has 0 aromatic rings. The van der Waals surface area contributed by atoms with Crippen LogP contribution in [0.25, 0.3) is 0 Å². The van der Waals surface area contributed by atoms with Crippen molar-refractivity contribution in [3.8, 4) is 0 Å². The van der Waals surface area contributed by atoms with Crippen molar-refractivity contribution in [2.75, 3.05) is 0 Å². The second-order valence-electron chi connectivity index (χ2n) is 6.74. The standard InChI is InChI=1S/C20H42.CH3.HI/c1-4-7-9-10-11-12-13-14-15-16-17-19-20(6-3)18-8-5-2;;/h20H,4-19H2,1-3H3;1H3;1H/q;-1;. The first-order chi connectivity index (χ1) is 9.85. The molecule has 0 aliphatic carbocycles. The predicted molar refractivity (Wildman–Crippen MR) is 116 cm³/mol. The normalized spacial score (nSPS) is 11.6. The third-order valence-corrected chi connectivity index (χ3v) is 4.76. The van der Waals surface area contributed by atoms with E-state index in [1.807, 2.05) is 0 Å². The predicted octanol–water partition coefficient (Wildman–Crippen LogP) is 8.97. The smallest absolute Gasteiger partial charge is 0.0417 e. The van der Waals surface area contributed by atoms with Crippen LogP contribution >= 0.6 is 24.0 Å². The van der Waals surface area contributed by atoms with Gasteiger partial charge in [0.1, 0.15) is 0 Å². The molecule has 0 heterocycles. The molecule has 0 N–H and O–H groups in total. The molecule has 22 heavy (non-hydrogen) atoms. The van der Waals surface area contributed by atoms with Gasteiger partial charge in [0.05, 0.1) is 0 Å². The monoisotopic (exact) mass is 425 g/mol. The Labute approximate surface area is 160 Å². The lowest BCUT2D eigenvalue weighted by atomic mass is 9.93. The zero-order chi connectivity index (χ0) is 14.9. The lowest BCUT2D eigenvalue weighted by Gasteiger charge is -2.13. The highest BCUT2D eigenvalue weighted by Crippen LogP contribution is 2.20. The fraction of sp³-hybridized carbons (Fsp3) is 0.952. The highest BCUT2D eigenvalue weighted by atomic mass is 127. The van der Waals surface area contributed by atoms with Crippen LogP contribution in [0, 0.1) is 13.3 Å². The molecule has 0 rings (SSSR count). The van der Waals surface area contributed by atoms with E-state index in [0.717, 1.165) is 5.92 Å². The van der Waals surface area contributed by atoms with Gasteiger partial charge in [0.25, 0.3) is 0 Å². The van der Waals surface area contributed by atoms with E-state index in [4.69, 9.17) is 0 Å². The van der Waals surface area contributed by atoms with E-state index in [1.54, 1.807) is 0 Å². The van der Waals surface area contributed by atoms with Crippen LogP contribution in [0.5, 0.6) is 0 Å². The maximum Gasteiger partial charge on any atom is -0.0417 e. The molecule has 138 valence electrons. The molecular weight excluding hydrogens is 379 g/mol. The summed E-state index contributed by atoms with van der Waals surface area (Å²) in [5, 5.41) is 0. The fourth-order valence-corrected chi connectivity index (χ4v) is 3.14. The maximum atomic E-state index is 2.37. The van der Waals surface area contributed by atoms with Crippen molar-refractivity contribution in [1.29, 1.82) is 0 Å². The lowest BCUT2D eigenvalue weighted by molar-refractivity contribution is 0.399. The molecule has 0 nitrogen and oxygen atoms in total. The Hall–Kier alpha value is 0.730. The highest BCUT2D eigenvalue weighted by molar-refractivity contribution is 14.0. The van der Waals surface area contributed by atoms with Crippen LogP contribution < -0.4 is 0 Å². The quantitative estimate of drug-likeness (QED) is 0.131. The van der Waals surface area contributed by atoms with E-state index in [2.05, 4.69) is 20.8 Å². The third-order valence-electron chi connectivity index (χ3n) is 4.76. The molecule has 1 unspecified atom stereocenters. The molecule has 0 fully saturated rings. The zero-order valence-electron chi connectivity index (χ0n) is 16.3. The minimum atomic E-state index is 0. The lowest BCUT2D eigenvalue weighted by Crippen LogP contribution is -1.98. The molecule has 0 aliphatic heterocycles. The molecule has 0 aromatic carbocycles. The van der Waals surface area contributed by atoms with Crippen LogP contribution in [0.15, 0.2) is 0 Å². The first kappa shape index (κ1) is 27.6. The minimum absolute atomic E-state index is 0. The summed E-state index contributed by atoms with van der Waals surface area (Å²) in [6.07, 6.45) is 23.3. The second-order valence-corrected chi connectivity index (χ2v) is 6.74. The molecular formula is C21H46I-. The fourth-order valence-electron chi connectivity index (χ4n) is 3.14. The van der Waals surface area contributed by atoms with Crippen LogP contribution in [0.4, 0.5) is 0 Å². The Morgan fingerprint density at radius 2 is 0.864 bits per heavy atom. The summed E-state index contributed by atoms with van der Waals surface area (Å²) in [5.41, 5.74) is 0. The van der Waals surface area contributed by atoms with Gasteiger partial charge in [-0.25, -0.2) is 0 Å².